The molecule has 10 nitrogen and oxygen atoms in total. The molecule has 260 valence electrons. The molecule has 1 saturated heterocycles. The highest BCUT2D eigenvalue weighted by molar-refractivity contribution is 8.02. The van der Waals surface area contributed by atoms with Crippen molar-refractivity contribution >= 4 is 69.5 Å². The summed E-state index contributed by atoms with van der Waals surface area (Å²) in [5.74, 6) is -5.07. The van der Waals surface area contributed by atoms with Gasteiger partial charge in [0.15, 0.2) is 0 Å². The first kappa shape index (κ1) is 32.7. The minimum absolute atomic E-state index is 0.00443. The number of fused-ring (bicyclic) bond motifs is 10. The minimum atomic E-state index is -1.74. The molecule has 1 unspecified atom stereocenters. The van der Waals surface area contributed by atoms with Crippen LogP contribution in [0.4, 0.5) is 5.69 Å². The van der Waals surface area contributed by atoms with Crippen molar-refractivity contribution < 1.29 is 33.4 Å². The van der Waals surface area contributed by atoms with E-state index in [1.807, 2.05) is 59.5 Å². The van der Waals surface area contributed by atoms with Gasteiger partial charge in [0.05, 0.1) is 42.9 Å². The quantitative estimate of drug-likeness (QED) is 0.122. The van der Waals surface area contributed by atoms with Crippen LogP contribution in [-0.4, -0.2) is 64.5 Å². The molecule has 0 bridgehead atoms. The van der Waals surface area contributed by atoms with E-state index < -0.39 is 45.9 Å². The summed E-state index contributed by atoms with van der Waals surface area (Å²) in [6, 6.07) is 28.5. The van der Waals surface area contributed by atoms with E-state index in [1.165, 1.54) is 11.7 Å². The van der Waals surface area contributed by atoms with Crippen LogP contribution in [0.25, 0.3) is 10.9 Å². The molecule has 9 rings (SSSR count). The largest absolute Gasteiger partial charge is 0.469 e. The van der Waals surface area contributed by atoms with Crippen molar-refractivity contribution in [1.82, 2.24) is 9.47 Å². The molecular weight excluding hydrogens is 702 g/mol. The van der Waals surface area contributed by atoms with Crippen molar-refractivity contribution in [1.29, 1.82) is 0 Å². The van der Waals surface area contributed by atoms with Gasteiger partial charge in [-0.1, -0.05) is 96.2 Å². The summed E-state index contributed by atoms with van der Waals surface area (Å²) in [6.07, 6.45) is 0.542. The molecule has 4 aromatic carbocycles. The second kappa shape index (κ2) is 11.6. The number of amides is 1. The molecule has 0 radical (unpaired) electrons. The molecule has 12 heteroatoms. The summed E-state index contributed by atoms with van der Waals surface area (Å²) in [4.78, 5) is 76.5. The van der Waals surface area contributed by atoms with E-state index in [4.69, 9.17) is 21.1 Å². The highest BCUT2D eigenvalue weighted by Crippen LogP contribution is 2.71. The molecule has 52 heavy (non-hydrogen) atoms. The van der Waals surface area contributed by atoms with Crippen molar-refractivity contribution in [2.75, 3.05) is 25.7 Å². The predicted octanol–water partition coefficient (Wildman–Crippen LogP) is 5.98. The fraction of sp³-hybridized carbons (Fsp3) is 0.225. The highest BCUT2D eigenvalue weighted by atomic mass is 35.5. The third-order valence-corrected chi connectivity index (χ3v) is 12.9. The maximum atomic E-state index is 15.7. The van der Waals surface area contributed by atoms with Gasteiger partial charge in [0.1, 0.15) is 16.2 Å². The Morgan fingerprint density at radius 2 is 1.62 bits per heavy atom. The van der Waals surface area contributed by atoms with Crippen molar-refractivity contribution in [3.8, 4) is 0 Å². The first-order valence-corrected chi connectivity index (χ1v) is 18.0. The third-order valence-electron chi connectivity index (χ3n) is 11.1. The SMILES string of the molecule is COC(=O)C(=O)c1c2n(c3ccccc13)C(=O)[C@@]1(S2)C2c3ccccc3CCN2[C@@]2(C(=O)N(Cc3ccccc3)c3ccc(Cl)cc32)[C@@H]1C(=O)OC. The maximum Gasteiger partial charge on any atom is 0.379 e. The molecular formula is C40H30ClN3O7S. The van der Waals surface area contributed by atoms with Gasteiger partial charge < -0.3 is 14.4 Å². The average molecular weight is 732 g/mol. The number of hydrogen-bond acceptors (Lipinski definition) is 9. The lowest BCUT2D eigenvalue weighted by Gasteiger charge is -2.42. The molecule has 4 aliphatic heterocycles. The number of Topliss-reactive ketones (excluding diaryl/α,β-unsaturated/α-hetero) is 1. The Morgan fingerprint density at radius 1 is 0.885 bits per heavy atom. The Hall–Kier alpha value is -5.23. The molecule has 0 saturated carbocycles. The molecule has 1 amide bonds. The van der Waals surface area contributed by atoms with E-state index in [0.717, 1.165) is 35.6 Å². The number of hydrogen-bond donors (Lipinski definition) is 0. The molecule has 5 aromatic rings. The summed E-state index contributed by atoms with van der Waals surface area (Å²) in [5.41, 5.74) is 2.36. The molecule has 1 fully saturated rings. The number of esters is 2. The van der Waals surface area contributed by atoms with Gasteiger partial charge in [0.25, 0.3) is 17.6 Å². The number of carbonyl (C=O) groups is 5. The van der Waals surface area contributed by atoms with Crippen molar-refractivity contribution in [2.45, 2.75) is 34.3 Å². The first-order valence-electron chi connectivity index (χ1n) is 16.8. The van der Waals surface area contributed by atoms with E-state index in [2.05, 4.69) is 0 Å². The van der Waals surface area contributed by atoms with Crippen LogP contribution < -0.4 is 4.90 Å². The van der Waals surface area contributed by atoms with Gasteiger partial charge in [-0.25, -0.2) is 4.79 Å². The van der Waals surface area contributed by atoms with Crippen LogP contribution in [0.1, 0.15) is 43.4 Å². The molecule has 0 aliphatic carbocycles. The fourth-order valence-corrected chi connectivity index (χ4v) is 11.1. The standard InChI is InChI=1S/C40H30ClN3O7S/c1-50-35(46)31(45)30-26-14-8-9-15-28(26)44-34(30)52-40(38(44)49)32(36(47)51-2)39(43-19-18-23-12-6-7-13-25(23)33(40)43)27-20-24(41)16-17-29(27)42(37(39)48)21-22-10-4-3-5-11-22/h3-17,20,32-33H,18-19,21H2,1-2H3/t32-,33?,39+,40-/m0/s1. The Kier molecular flexibility index (Phi) is 7.31. The van der Waals surface area contributed by atoms with Gasteiger partial charge in [0.2, 0.25) is 0 Å². The molecule has 2 spiro atoms. The summed E-state index contributed by atoms with van der Waals surface area (Å²) >= 11 is 7.79. The number of ether oxygens (including phenoxy) is 2. The topological polar surface area (TPSA) is 115 Å². The number of anilines is 1. The highest BCUT2D eigenvalue weighted by Gasteiger charge is 2.81. The van der Waals surface area contributed by atoms with E-state index in [-0.39, 0.29) is 23.0 Å². The van der Waals surface area contributed by atoms with Gasteiger partial charge in [-0.05, 0) is 47.4 Å². The Balaban J connectivity index is 1.36. The predicted molar refractivity (Wildman–Crippen MR) is 193 cm³/mol. The molecule has 1 aromatic heterocycles. The number of carbonyl (C=O) groups excluding carboxylic acids is 5. The summed E-state index contributed by atoms with van der Waals surface area (Å²) in [5, 5.41) is 0.961. The minimum Gasteiger partial charge on any atom is -0.469 e. The van der Waals surface area contributed by atoms with Crippen LogP contribution >= 0.6 is 23.4 Å². The number of ketones is 1. The first-order chi connectivity index (χ1) is 25.2. The van der Waals surface area contributed by atoms with Crippen LogP contribution in [0.2, 0.25) is 5.02 Å². The Morgan fingerprint density at radius 3 is 2.38 bits per heavy atom. The number of rotatable bonds is 5. The van der Waals surface area contributed by atoms with Gasteiger partial charge in [-0.15, -0.1) is 0 Å². The van der Waals surface area contributed by atoms with E-state index in [9.17, 15) is 14.4 Å². The van der Waals surface area contributed by atoms with Crippen LogP contribution in [0.3, 0.4) is 0 Å². The zero-order valence-corrected chi connectivity index (χ0v) is 29.6. The fourth-order valence-electron chi connectivity index (χ4n) is 9.13. The van der Waals surface area contributed by atoms with E-state index in [1.54, 1.807) is 47.4 Å². The Bertz CT molecular complexity index is 2410. The number of methoxy groups -OCH3 is 2. The second-order valence-electron chi connectivity index (χ2n) is 13.4. The van der Waals surface area contributed by atoms with Crippen LogP contribution in [0.15, 0.2) is 102 Å². The number of halogens is 1. The van der Waals surface area contributed by atoms with Crippen molar-refractivity contribution in [2.24, 2.45) is 5.92 Å². The maximum absolute atomic E-state index is 15.7. The zero-order chi connectivity index (χ0) is 36.1. The lowest BCUT2D eigenvalue weighted by Crippen LogP contribution is -2.57. The zero-order valence-electron chi connectivity index (χ0n) is 28.0. The average Bonchev–Trinajstić information content (AvgIpc) is 3.82. The van der Waals surface area contributed by atoms with E-state index >= 15 is 9.59 Å². The van der Waals surface area contributed by atoms with E-state index in [0.29, 0.717) is 40.1 Å². The molecule has 4 aliphatic rings. The lowest BCUT2D eigenvalue weighted by atomic mass is 9.73. The van der Waals surface area contributed by atoms with Gasteiger partial charge in [-0.2, -0.15) is 0 Å². The van der Waals surface area contributed by atoms with Gasteiger partial charge in [0, 0.05) is 28.2 Å². The molecule has 5 heterocycles. The number of para-hydroxylation sites is 1. The van der Waals surface area contributed by atoms with Crippen molar-refractivity contribution in [3.63, 3.8) is 0 Å². The van der Waals surface area contributed by atoms with Crippen molar-refractivity contribution in [3.05, 3.63) is 130 Å². The third kappa shape index (κ3) is 4.04. The van der Waals surface area contributed by atoms with Gasteiger partial charge in [-0.3, -0.25) is 28.6 Å². The Labute approximate surface area is 307 Å². The van der Waals surface area contributed by atoms with Crippen LogP contribution in [0, 0.1) is 5.92 Å². The monoisotopic (exact) mass is 731 g/mol. The smallest absolute Gasteiger partial charge is 0.379 e. The lowest BCUT2D eigenvalue weighted by molar-refractivity contribution is -0.153. The summed E-state index contributed by atoms with van der Waals surface area (Å²) < 4.78 is 10.2. The van der Waals surface area contributed by atoms with Crippen LogP contribution in [0.5, 0.6) is 0 Å². The summed E-state index contributed by atoms with van der Waals surface area (Å²) in [6.45, 7) is 0.529. The second-order valence-corrected chi connectivity index (χ2v) is 15.1. The number of aromatic nitrogens is 1. The normalized spacial score (nSPS) is 24.2. The summed E-state index contributed by atoms with van der Waals surface area (Å²) in [7, 11) is 2.37. The van der Waals surface area contributed by atoms with Gasteiger partial charge >= 0.3 is 11.9 Å². The number of nitrogens with zero attached hydrogens (tertiary/aromatic N) is 3. The molecule has 4 atom stereocenters. The molecule has 0 N–H and O–H groups in total. The van der Waals surface area contributed by atoms with Crippen LogP contribution in [-0.2, 0) is 42.4 Å². The number of thioether (sulfide) groups is 1. The number of benzene rings is 4.